The van der Waals surface area contributed by atoms with Crippen LogP contribution in [0.15, 0.2) is 66.7 Å². The van der Waals surface area contributed by atoms with Crippen LogP contribution in [0.5, 0.6) is 17.2 Å². The van der Waals surface area contributed by atoms with Gasteiger partial charge in [-0.15, -0.1) is 0 Å². The fraction of sp³-hybridized carbons (Fsp3) is 0.143. The van der Waals surface area contributed by atoms with Gasteiger partial charge in [-0.1, -0.05) is 48.5 Å². The summed E-state index contributed by atoms with van der Waals surface area (Å²) in [5.74, 6) is 2.26. The van der Waals surface area contributed by atoms with Crippen LogP contribution >= 0.6 is 0 Å². The number of ether oxygens (including phenoxy) is 3. The van der Waals surface area contributed by atoms with Gasteiger partial charge in [-0.25, -0.2) is 0 Å². The third-order valence-electron chi connectivity index (χ3n) is 3.76. The van der Waals surface area contributed by atoms with Gasteiger partial charge in [0.25, 0.3) is 0 Å². The van der Waals surface area contributed by atoms with E-state index in [1.54, 1.807) is 14.2 Å². The summed E-state index contributed by atoms with van der Waals surface area (Å²) in [6.45, 7) is 0.376. The zero-order valence-corrected chi connectivity index (χ0v) is 13.8. The summed E-state index contributed by atoms with van der Waals surface area (Å²) in [6.07, 6.45) is 0. The number of hydrogen-bond donors (Lipinski definition) is 0. The Labute approximate surface area is 142 Å². The van der Waals surface area contributed by atoms with E-state index < -0.39 is 0 Å². The van der Waals surface area contributed by atoms with Crippen LogP contribution in [0.25, 0.3) is 11.1 Å². The van der Waals surface area contributed by atoms with Crippen LogP contribution in [0.1, 0.15) is 5.56 Å². The average molecular weight is 319 g/mol. The van der Waals surface area contributed by atoms with Crippen molar-refractivity contribution in [3.63, 3.8) is 0 Å². The molecular formula is C21H19O3. The van der Waals surface area contributed by atoms with Crippen molar-refractivity contribution in [2.24, 2.45) is 0 Å². The minimum Gasteiger partial charge on any atom is -0.497 e. The molecule has 24 heavy (non-hydrogen) atoms. The molecule has 3 heteroatoms. The van der Waals surface area contributed by atoms with Gasteiger partial charge in [-0.3, -0.25) is 0 Å². The fourth-order valence-corrected chi connectivity index (χ4v) is 2.53. The predicted octanol–water partition coefficient (Wildman–Crippen LogP) is 4.75. The minimum absolute atomic E-state index is 0.376. The second kappa shape index (κ2) is 7.55. The predicted molar refractivity (Wildman–Crippen MR) is 94.6 cm³/mol. The lowest BCUT2D eigenvalue weighted by atomic mass is 10.0. The Morgan fingerprint density at radius 2 is 1.71 bits per heavy atom. The first-order valence-corrected chi connectivity index (χ1v) is 7.71. The van der Waals surface area contributed by atoms with E-state index in [9.17, 15) is 0 Å². The molecule has 0 saturated heterocycles. The molecule has 0 atom stereocenters. The molecule has 1 radical (unpaired) electrons. The van der Waals surface area contributed by atoms with Gasteiger partial charge in [-0.05, 0) is 23.8 Å². The SMILES string of the molecule is COc1ccc(OC)c(COc2[c]cccc2-c2ccccc2)c1. The molecule has 0 aliphatic rings. The zero-order valence-electron chi connectivity index (χ0n) is 13.8. The van der Waals surface area contributed by atoms with Crippen molar-refractivity contribution in [1.82, 2.24) is 0 Å². The van der Waals surface area contributed by atoms with E-state index in [2.05, 4.69) is 18.2 Å². The Bertz CT molecular complexity index is 797. The maximum atomic E-state index is 6.03. The molecule has 121 valence electrons. The Balaban J connectivity index is 1.86. The second-order valence-corrected chi connectivity index (χ2v) is 5.25. The topological polar surface area (TPSA) is 27.7 Å². The first-order valence-electron chi connectivity index (χ1n) is 7.71. The average Bonchev–Trinajstić information content (AvgIpc) is 2.67. The molecule has 0 N–H and O–H groups in total. The summed E-state index contributed by atoms with van der Waals surface area (Å²) in [5.41, 5.74) is 3.04. The van der Waals surface area contributed by atoms with Crippen LogP contribution in [0.3, 0.4) is 0 Å². The van der Waals surface area contributed by atoms with Crippen molar-refractivity contribution in [3.05, 3.63) is 78.4 Å². The highest BCUT2D eigenvalue weighted by atomic mass is 16.5. The van der Waals surface area contributed by atoms with Gasteiger partial charge in [0.05, 0.1) is 14.2 Å². The third-order valence-corrected chi connectivity index (χ3v) is 3.76. The number of benzene rings is 3. The molecule has 0 unspecified atom stereocenters. The standard InChI is InChI=1S/C21H19O3/c1-22-18-12-13-20(23-2)17(14-18)15-24-21-11-7-6-10-19(21)16-8-4-3-5-9-16/h3-10,12-14H,15H2,1-2H3. The first-order chi connectivity index (χ1) is 11.8. The first kappa shape index (κ1) is 15.9. The Kier molecular flexibility index (Phi) is 5.02. The summed E-state index contributed by atoms with van der Waals surface area (Å²) in [4.78, 5) is 0. The van der Waals surface area contributed by atoms with Gasteiger partial charge in [-0.2, -0.15) is 0 Å². The molecule has 3 aromatic carbocycles. The lowest BCUT2D eigenvalue weighted by molar-refractivity contribution is 0.296. The van der Waals surface area contributed by atoms with E-state index in [0.29, 0.717) is 12.4 Å². The van der Waals surface area contributed by atoms with Crippen LogP contribution < -0.4 is 14.2 Å². The molecule has 3 nitrogen and oxygen atoms in total. The molecule has 3 rings (SSSR count). The molecule has 0 bridgehead atoms. The van der Waals surface area contributed by atoms with Gasteiger partial charge in [0, 0.05) is 17.2 Å². The van der Waals surface area contributed by atoms with Gasteiger partial charge >= 0.3 is 0 Å². The van der Waals surface area contributed by atoms with E-state index >= 15 is 0 Å². The van der Waals surface area contributed by atoms with Crippen LogP contribution in [-0.4, -0.2) is 14.2 Å². The number of hydrogen-bond acceptors (Lipinski definition) is 3. The van der Waals surface area contributed by atoms with Crippen molar-refractivity contribution < 1.29 is 14.2 Å². The molecule has 0 aromatic heterocycles. The van der Waals surface area contributed by atoms with Crippen molar-refractivity contribution in [2.75, 3.05) is 14.2 Å². The molecule has 0 saturated carbocycles. The molecule has 0 heterocycles. The molecular weight excluding hydrogens is 300 g/mol. The fourth-order valence-electron chi connectivity index (χ4n) is 2.53. The molecule has 0 aliphatic heterocycles. The van der Waals surface area contributed by atoms with E-state index in [0.717, 1.165) is 28.2 Å². The molecule has 0 amide bonds. The summed E-state index contributed by atoms with van der Waals surface area (Å²) in [5, 5.41) is 0. The lowest BCUT2D eigenvalue weighted by Gasteiger charge is -2.14. The second-order valence-electron chi connectivity index (χ2n) is 5.25. The smallest absolute Gasteiger partial charge is 0.135 e. The Hall–Kier alpha value is -2.94. The summed E-state index contributed by atoms with van der Waals surface area (Å²) in [7, 11) is 3.29. The van der Waals surface area contributed by atoms with E-state index in [4.69, 9.17) is 14.2 Å². The normalized spacial score (nSPS) is 10.2. The quantitative estimate of drug-likeness (QED) is 0.656. The number of para-hydroxylation sites is 1. The number of rotatable bonds is 6. The molecule has 0 spiro atoms. The van der Waals surface area contributed by atoms with Gasteiger partial charge in [0.15, 0.2) is 0 Å². The monoisotopic (exact) mass is 319 g/mol. The van der Waals surface area contributed by atoms with Crippen molar-refractivity contribution in [2.45, 2.75) is 6.61 Å². The molecule has 0 aliphatic carbocycles. The van der Waals surface area contributed by atoms with Crippen molar-refractivity contribution in [1.29, 1.82) is 0 Å². The Morgan fingerprint density at radius 3 is 2.46 bits per heavy atom. The lowest BCUT2D eigenvalue weighted by Crippen LogP contribution is -2.00. The van der Waals surface area contributed by atoms with E-state index in [1.807, 2.05) is 54.6 Å². The number of methoxy groups -OCH3 is 2. The van der Waals surface area contributed by atoms with Crippen LogP contribution in [-0.2, 0) is 6.61 Å². The highest BCUT2D eigenvalue weighted by Crippen LogP contribution is 2.31. The molecule has 0 fully saturated rings. The minimum atomic E-state index is 0.376. The van der Waals surface area contributed by atoms with Gasteiger partial charge in [0.1, 0.15) is 23.9 Å². The van der Waals surface area contributed by atoms with Crippen molar-refractivity contribution in [3.8, 4) is 28.4 Å². The van der Waals surface area contributed by atoms with Gasteiger partial charge in [0.2, 0.25) is 0 Å². The Morgan fingerprint density at radius 1 is 0.875 bits per heavy atom. The molecule has 3 aromatic rings. The van der Waals surface area contributed by atoms with E-state index in [1.165, 1.54) is 0 Å². The third kappa shape index (κ3) is 3.51. The van der Waals surface area contributed by atoms with Crippen LogP contribution in [0.2, 0.25) is 0 Å². The highest BCUT2D eigenvalue weighted by molar-refractivity contribution is 5.69. The maximum Gasteiger partial charge on any atom is 0.135 e. The van der Waals surface area contributed by atoms with Crippen LogP contribution in [0.4, 0.5) is 0 Å². The maximum absolute atomic E-state index is 6.03. The van der Waals surface area contributed by atoms with Gasteiger partial charge < -0.3 is 14.2 Å². The zero-order chi connectivity index (χ0) is 16.8. The highest BCUT2D eigenvalue weighted by Gasteiger charge is 2.09. The van der Waals surface area contributed by atoms with Crippen LogP contribution in [0, 0.1) is 6.07 Å². The summed E-state index contributed by atoms with van der Waals surface area (Å²) >= 11 is 0. The van der Waals surface area contributed by atoms with E-state index in [-0.39, 0.29) is 0 Å². The largest absolute Gasteiger partial charge is 0.497 e. The summed E-state index contributed by atoms with van der Waals surface area (Å²) in [6, 6.07) is 24.8. The summed E-state index contributed by atoms with van der Waals surface area (Å²) < 4.78 is 16.7. The van der Waals surface area contributed by atoms with Crippen molar-refractivity contribution >= 4 is 0 Å².